The molecule has 0 unspecified atom stereocenters. The molecule has 10 heteroatoms. The molecule has 0 spiro atoms. The van der Waals surface area contributed by atoms with Gasteiger partial charge in [-0.2, -0.15) is 5.10 Å². The summed E-state index contributed by atoms with van der Waals surface area (Å²) in [6.07, 6.45) is 0. The van der Waals surface area contributed by atoms with E-state index in [1.165, 1.54) is 0 Å². The van der Waals surface area contributed by atoms with Crippen LogP contribution in [0.2, 0.25) is 0 Å². The Labute approximate surface area is 198 Å². The summed E-state index contributed by atoms with van der Waals surface area (Å²) in [5, 5.41) is 4.38. The van der Waals surface area contributed by atoms with Gasteiger partial charge in [-0.3, -0.25) is 18.8 Å². The quantitative estimate of drug-likeness (QED) is 0.524. The van der Waals surface area contributed by atoms with Crippen molar-refractivity contribution in [2.45, 2.75) is 33.7 Å². The highest BCUT2D eigenvalue weighted by Crippen LogP contribution is 2.22. The molecule has 4 rings (SSSR count). The molecule has 34 heavy (non-hydrogen) atoms. The second kappa shape index (κ2) is 9.74. The van der Waals surface area contributed by atoms with E-state index in [0.717, 1.165) is 11.4 Å². The number of anilines is 1. The molecule has 0 N–H and O–H groups in total. The topological polar surface area (TPSA) is 94.7 Å². The van der Waals surface area contributed by atoms with Crippen LogP contribution in [0.15, 0.2) is 29.1 Å². The first-order valence-electron chi connectivity index (χ1n) is 11.6. The first-order chi connectivity index (χ1) is 16.3. The number of amides is 1. The molecule has 10 nitrogen and oxygen atoms in total. The zero-order chi connectivity index (χ0) is 24.4. The van der Waals surface area contributed by atoms with Gasteiger partial charge in [0, 0.05) is 39.3 Å². The van der Waals surface area contributed by atoms with E-state index in [4.69, 9.17) is 14.5 Å². The van der Waals surface area contributed by atoms with E-state index in [1.807, 2.05) is 39.8 Å². The number of benzene rings is 1. The van der Waals surface area contributed by atoms with Gasteiger partial charge < -0.3 is 19.3 Å². The number of nitrogens with zero attached hydrogens (tertiary/aromatic N) is 6. The summed E-state index contributed by atoms with van der Waals surface area (Å²) in [5.41, 5.74) is 1.77. The molecule has 0 aliphatic carbocycles. The first kappa shape index (κ1) is 23.6. The van der Waals surface area contributed by atoms with Crippen molar-refractivity contribution in [2.24, 2.45) is 7.05 Å². The van der Waals surface area contributed by atoms with E-state index in [0.29, 0.717) is 55.5 Å². The van der Waals surface area contributed by atoms with Crippen LogP contribution in [0.5, 0.6) is 11.5 Å². The average Bonchev–Trinajstić information content (AvgIpc) is 3.11. The van der Waals surface area contributed by atoms with Crippen LogP contribution in [0, 0.1) is 6.92 Å². The number of hydrogen-bond donors (Lipinski definition) is 0. The molecule has 0 radical (unpaired) electrons. The fourth-order valence-electron chi connectivity index (χ4n) is 4.26. The monoisotopic (exact) mass is 468 g/mol. The molecule has 182 valence electrons. The fraction of sp³-hybridized carbons (Fsp3) is 0.500. The Kier molecular flexibility index (Phi) is 6.76. The first-order valence-corrected chi connectivity index (χ1v) is 11.6. The number of aromatic nitrogens is 4. The van der Waals surface area contributed by atoms with Crippen LogP contribution in [0.1, 0.15) is 32.5 Å². The van der Waals surface area contributed by atoms with E-state index in [-0.39, 0.29) is 24.1 Å². The molecule has 1 aliphatic heterocycles. The van der Waals surface area contributed by atoms with E-state index in [9.17, 15) is 9.59 Å². The summed E-state index contributed by atoms with van der Waals surface area (Å²) in [7, 11) is 1.77. The van der Waals surface area contributed by atoms with E-state index in [1.54, 1.807) is 33.3 Å². The van der Waals surface area contributed by atoms with Gasteiger partial charge in [-0.1, -0.05) is 0 Å². The minimum Gasteiger partial charge on any atom is -0.494 e. The lowest BCUT2D eigenvalue weighted by molar-refractivity contribution is -0.133. The number of carbonyl (C=O) groups excluding carboxylic acids is 1. The molecule has 0 saturated carbocycles. The lowest BCUT2D eigenvalue weighted by Gasteiger charge is -2.36. The lowest BCUT2D eigenvalue weighted by atomic mass is 10.3. The molecule has 1 fully saturated rings. The summed E-state index contributed by atoms with van der Waals surface area (Å²) in [6.45, 7) is 10.5. The lowest BCUT2D eigenvalue weighted by Crippen LogP contribution is -2.51. The zero-order valence-electron chi connectivity index (χ0n) is 20.4. The van der Waals surface area contributed by atoms with Gasteiger partial charge in [0.15, 0.2) is 12.1 Å². The maximum Gasteiger partial charge on any atom is 0.281 e. The number of ether oxygens (including phenoxy) is 2. The van der Waals surface area contributed by atoms with Crippen molar-refractivity contribution in [3.8, 4) is 11.5 Å². The highest BCUT2D eigenvalue weighted by atomic mass is 16.5. The second-order valence-corrected chi connectivity index (χ2v) is 8.65. The fourth-order valence-corrected chi connectivity index (χ4v) is 4.26. The van der Waals surface area contributed by atoms with Gasteiger partial charge in [-0.05, 0) is 52.0 Å². The molecular weight excluding hydrogens is 436 g/mol. The molecule has 0 bridgehead atoms. The maximum absolute atomic E-state index is 13.3. The number of aryl methyl sites for hydroxylation is 2. The third kappa shape index (κ3) is 4.57. The van der Waals surface area contributed by atoms with Crippen LogP contribution in [0.4, 0.5) is 5.95 Å². The third-order valence-electron chi connectivity index (χ3n) is 5.97. The van der Waals surface area contributed by atoms with Gasteiger partial charge >= 0.3 is 0 Å². The number of fused-ring (bicyclic) bond motifs is 1. The molecule has 1 aliphatic rings. The predicted molar refractivity (Wildman–Crippen MR) is 130 cm³/mol. The van der Waals surface area contributed by atoms with Crippen molar-refractivity contribution in [1.82, 2.24) is 24.2 Å². The van der Waals surface area contributed by atoms with Crippen molar-refractivity contribution >= 4 is 22.9 Å². The average molecular weight is 469 g/mol. The van der Waals surface area contributed by atoms with Gasteiger partial charge in [0.25, 0.3) is 11.5 Å². The predicted octanol–water partition coefficient (Wildman–Crippen LogP) is 2.15. The number of carbonyl (C=O) groups is 1. The van der Waals surface area contributed by atoms with E-state index >= 15 is 0 Å². The van der Waals surface area contributed by atoms with Crippen LogP contribution in [0.3, 0.4) is 0 Å². The van der Waals surface area contributed by atoms with Crippen LogP contribution in [0.25, 0.3) is 11.0 Å². The minimum absolute atomic E-state index is 0.0240. The Hall–Kier alpha value is -3.56. The van der Waals surface area contributed by atoms with Crippen LogP contribution >= 0.6 is 0 Å². The zero-order valence-corrected chi connectivity index (χ0v) is 20.4. The largest absolute Gasteiger partial charge is 0.494 e. The number of piperazine rings is 1. The Bertz CT molecular complexity index is 1220. The second-order valence-electron chi connectivity index (χ2n) is 8.65. The highest BCUT2D eigenvalue weighted by molar-refractivity contribution is 5.79. The van der Waals surface area contributed by atoms with Gasteiger partial charge in [0.1, 0.15) is 17.0 Å². The van der Waals surface area contributed by atoms with Crippen molar-refractivity contribution in [1.29, 1.82) is 0 Å². The summed E-state index contributed by atoms with van der Waals surface area (Å²) in [4.78, 5) is 34.7. The Balaban J connectivity index is 1.43. The van der Waals surface area contributed by atoms with Gasteiger partial charge in [0.05, 0.1) is 12.3 Å². The molecule has 3 aromatic rings. The number of hydrogen-bond acceptors (Lipinski definition) is 7. The van der Waals surface area contributed by atoms with Crippen molar-refractivity contribution < 1.29 is 14.3 Å². The van der Waals surface area contributed by atoms with Crippen molar-refractivity contribution in [3.05, 3.63) is 40.3 Å². The summed E-state index contributed by atoms with van der Waals surface area (Å²) >= 11 is 0. The summed E-state index contributed by atoms with van der Waals surface area (Å²) < 4.78 is 14.4. The Morgan fingerprint density at radius 2 is 1.68 bits per heavy atom. The van der Waals surface area contributed by atoms with E-state index in [2.05, 4.69) is 10.00 Å². The SMILES string of the molecule is CCOc1ccc(OCC(=O)N2CCN(c3nc4c(C)nn(C)c4c(=O)n3C(C)C)CC2)cc1. The van der Waals surface area contributed by atoms with Crippen molar-refractivity contribution in [3.63, 3.8) is 0 Å². The smallest absolute Gasteiger partial charge is 0.281 e. The highest BCUT2D eigenvalue weighted by Gasteiger charge is 2.27. The molecule has 0 atom stereocenters. The van der Waals surface area contributed by atoms with Crippen LogP contribution in [-0.2, 0) is 11.8 Å². The van der Waals surface area contributed by atoms with Gasteiger partial charge in [0.2, 0.25) is 5.95 Å². The van der Waals surface area contributed by atoms with E-state index < -0.39 is 0 Å². The molecule has 1 aromatic carbocycles. The Morgan fingerprint density at radius 1 is 1.06 bits per heavy atom. The third-order valence-corrected chi connectivity index (χ3v) is 5.97. The number of rotatable bonds is 7. The molecule has 3 heterocycles. The van der Waals surface area contributed by atoms with Gasteiger partial charge in [-0.15, -0.1) is 0 Å². The Morgan fingerprint density at radius 3 is 2.26 bits per heavy atom. The van der Waals surface area contributed by atoms with Gasteiger partial charge in [-0.25, -0.2) is 4.98 Å². The van der Waals surface area contributed by atoms with Crippen LogP contribution < -0.4 is 19.9 Å². The van der Waals surface area contributed by atoms with Crippen LogP contribution in [-0.4, -0.2) is 69.5 Å². The normalized spacial score (nSPS) is 14.2. The molecule has 1 saturated heterocycles. The van der Waals surface area contributed by atoms with Crippen molar-refractivity contribution in [2.75, 3.05) is 44.3 Å². The maximum atomic E-state index is 13.3. The summed E-state index contributed by atoms with van der Waals surface area (Å²) in [5.74, 6) is 1.95. The minimum atomic E-state index is -0.0969. The standard InChI is InChI=1S/C24H32N6O4/c1-6-33-18-7-9-19(10-8-18)34-15-20(31)28-11-13-29(14-12-28)24-25-21-17(4)26-27(5)22(21)23(32)30(24)16(2)3/h7-10,16H,6,11-15H2,1-5H3. The molecular formula is C24H32N6O4. The molecule has 1 amide bonds. The molecule has 2 aromatic heterocycles. The summed E-state index contributed by atoms with van der Waals surface area (Å²) in [6, 6.07) is 7.18.